The number of hydrogen-bond acceptors (Lipinski definition) is 2. The zero-order valence-corrected chi connectivity index (χ0v) is 20.2. The summed E-state index contributed by atoms with van der Waals surface area (Å²) in [6.07, 6.45) is 19.2. The van der Waals surface area contributed by atoms with Crippen molar-refractivity contribution in [1.29, 1.82) is 0 Å². The van der Waals surface area contributed by atoms with Gasteiger partial charge in [-0.3, -0.25) is 0 Å². The van der Waals surface area contributed by atoms with Crippen LogP contribution in [0, 0.1) is 23.7 Å². The van der Waals surface area contributed by atoms with Crippen molar-refractivity contribution in [2.75, 3.05) is 13.2 Å². The van der Waals surface area contributed by atoms with E-state index in [1.54, 1.807) is 11.1 Å². The Morgan fingerprint density at radius 2 is 1.52 bits per heavy atom. The molecule has 0 aromatic heterocycles. The van der Waals surface area contributed by atoms with Gasteiger partial charge in [0, 0.05) is 6.61 Å². The molecule has 31 heavy (non-hydrogen) atoms. The van der Waals surface area contributed by atoms with E-state index in [9.17, 15) is 0 Å². The molecule has 2 fully saturated rings. The molecule has 0 spiro atoms. The van der Waals surface area contributed by atoms with E-state index < -0.39 is 0 Å². The third-order valence-electron chi connectivity index (χ3n) is 8.58. The van der Waals surface area contributed by atoms with E-state index in [4.69, 9.17) is 9.47 Å². The number of aryl methyl sites for hydroxylation is 1. The Labute approximate surface area is 191 Å². The van der Waals surface area contributed by atoms with Gasteiger partial charge in [0.1, 0.15) is 5.75 Å². The summed E-state index contributed by atoms with van der Waals surface area (Å²) in [6.45, 7) is 6.34. The zero-order chi connectivity index (χ0) is 21.5. The van der Waals surface area contributed by atoms with Crippen LogP contribution in [0.25, 0.3) is 0 Å². The summed E-state index contributed by atoms with van der Waals surface area (Å²) in [6, 6.07) is 6.92. The molecule has 2 nitrogen and oxygen atoms in total. The van der Waals surface area contributed by atoms with Crippen molar-refractivity contribution in [3.8, 4) is 5.75 Å². The standard InChI is InChI=1S/C29H46O2/c1-3-5-7-17-31-29-15-13-25-19-23(9-11-27(25)21-29)22-8-10-26-20-28(30-16-6-4-2)14-12-24(26)18-22/h12,14,20,22-23,25,27,29H,3-11,13,15-19,21H2,1-2H3/t22?,23?,25-,27?,29-/m1/s1. The Hall–Kier alpha value is -1.02. The molecule has 0 aliphatic heterocycles. The molecule has 174 valence electrons. The minimum Gasteiger partial charge on any atom is -0.494 e. The van der Waals surface area contributed by atoms with Gasteiger partial charge in [-0.2, -0.15) is 0 Å². The molecule has 1 aromatic rings. The van der Waals surface area contributed by atoms with Crippen LogP contribution in [-0.4, -0.2) is 19.3 Å². The van der Waals surface area contributed by atoms with Crippen molar-refractivity contribution in [3.63, 3.8) is 0 Å². The van der Waals surface area contributed by atoms with Crippen molar-refractivity contribution >= 4 is 0 Å². The van der Waals surface area contributed by atoms with E-state index in [1.807, 2.05) is 0 Å². The van der Waals surface area contributed by atoms with Crippen molar-refractivity contribution in [3.05, 3.63) is 29.3 Å². The second kappa shape index (κ2) is 11.7. The van der Waals surface area contributed by atoms with Gasteiger partial charge in [-0.15, -0.1) is 0 Å². The Balaban J connectivity index is 1.24. The van der Waals surface area contributed by atoms with Crippen LogP contribution in [-0.2, 0) is 17.6 Å². The molecule has 0 bridgehead atoms. The Morgan fingerprint density at radius 1 is 0.742 bits per heavy atom. The van der Waals surface area contributed by atoms with Crippen LogP contribution in [0.15, 0.2) is 18.2 Å². The molecular formula is C29H46O2. The summed E-state index contributed by atoms with van der Waals surface area (Å²) in [5.41, 5.74) is 3.16. The van der Waals surface area contributed by atoms with E-state index in [-0.39, 0.29) is 0 Å². The molecule has 3 aliphatic rings. The highest BCUT2D eigenvalue weighted by molar-refractivity contribution is 5.37. The lowest BCUT2D eigenvalue weighted by Crippen LogP contribution is -2.37. The predicted molar refractivity (Wildman–Crippen MR) is 130 cm³/mol. The van der Waals surface area contributed by atoms with Crippen molar-refractivity contribution < 1.29 is 9.47 Å². The van der Waals surface area contributed by atoms with Crippen LogP contribution in [0.2, 0.25) is 0 Å². The van der Waals surface area contributed by atoms with Gasteiger partial charge in [0.15, 0.2) is 0 Å². The first-order valence-corrected chi connectivity index (χ1v) is 13.6. The zero-order valence-electron chi connectivity index (χ0n) is 20.2. The highest BCUT2D eigenvalue weighted by Gasteiger charge is 2.38. The normalized spacial score (nSPS) is 30.5. The average molecular weight is 427 g/mol. The number of unbranched alkanes of at least 4 members (excludes halogenated alkanes) is 3. The van der Waals surface area contributed by atoms with E-state index in [2.05, 4.69) is 32.0 Å². The molecule has 0 N–H and O–H groups in total. The summed E-state index contributed by atoms with van der Waals surface area (Å²) in [5, 5.41) is 0. The molecular weight excluding hydrogens is 380 g/mol. The van der Waals surface area contributed by atoms with Gasteiger partial charge in [0.25, 0.3) is 0 Å². The Bertz CT molecular complexity index is 669. The van der Waals surface area contributed by atoms with Crippen LogP contribution in [0.3, 0.4) is 0 Å². The van der Waals surface area contributed by atoms with Gasteiger partial charge >= 0.3 is 0 Å². The molecule has 2 heteroatoms. The third-order valence-corrected chi connectivity index (χ3v) is 8.58. The van der Waals surface area contributed by atoms with E-state index >= 15 is 0 Å². The highest BCUT2D eigenvalue weighted by Crippen LogP contribution is 2.47. The third kappa shape index (κ3) is 6.28. The predicted octanol–water partition coefficient (Wildman–Crippen LogP) is 7.76. The van der Waals surface area contributed by atoms with Gasteiger partial charge in [-0.05, 0) is 118 Å². The largest absolute Gasteiger partial charge is 0.494 e. The molecule has 4 rings (SSSR count). The number of fused-ring (bicyclic) bond motifs is 2. The van der Waals surface area contributed by atoms with Crippen LogP contribution >= 0.6 is 0 Å². The number of hydrogen-bond donors (Lipinski definition) is 0. The van der Waals surface area contributed by atoms with Gasteiger partial charge in [-0.25, -0.2) is 0 Å². The quantitative estimate of drug-likeness (QED) is 0.356. The summed E-state index contributed by atoms with van der Waals surface area (Å²) in [5.74, 6) is 4.87. The van der Waals surface area contributed by atoms with Crippen molar-refractivity contribution in [2.24, 2.45) is 23.7 Å². The lowest BCUT2D eigenvalue weighted by Gasteiger charge is -2.45. The summed E-state index contributed by atoms with van der Waals surface area (Å²) in [7, 11) is 0. The molecule has 2 saturated carbocycles. The highest BCUT2D eigenvalue weighted by atomic mass is 16.5. The minimum atomic E-state index is 0.560. The number of benzene rings is 1. The average Bonchev–Trinajstić information content (AvgIpc) is 2.81. The first kappa shape index (κ1) is 23.1. The fourth-order valence-corrected chi connectivity index (χ4v) is 6.65. The van der Waals surface area contributed by atoms with Gasteiger partial charge in [0.2, 0.25) is 0 Å². The van der Waals surface area contributed by atoms with Crippen LogP contribution in [0.5, 0.6) is 5.75 Å². The molecule has 1 aromatic carbocycles. The maximum absolute atomic E-state index is 6.25. The fourth-order valence-electron chi connectivity index (χ4n) is 6.65. The van der Waals surface area contributed by atoms with Gasteiger partial charge in [-0.1, -0.05) is 39.2 Å². The van der Waals surface area contributed by atoms with E-state index in [0.717, 1.165) is 49.1 Å². The molecule has 0 saturated heterocycles. The monoisotopic (exact) mass is 426 g/mol. The topological polar surface area (TPSA) is 18.5 Å². The second-order valence-electron chi connectivity index (χ2n) is 10.7. The smallest absolute Gasteiger partial charge is 0.119 e. The van der Waals surface area contributed by atoms with E-state index in [1.165, 1.54) is 83.5 Å². The number of ether oxygens (including phenoxy) is 2. The lowest BCUT2D eigenvalue weighted by molar-refractivity contribution is -0.0249. The molecule has 3 aliphatic carbocycles. The minimum absolute atomic E-state index is 0.560. The first-order chi connectivity index (χ1) is 15.3. The number of rotatable bonds is 10. The molecule has 3 unspecified atom stereocenters. The summed E-state index contributed by atoms with van der Waals surface area (Å²) in [4.78, 5) is 0. The van der Waals surface area contributed by atoms with Crippen LogP contribution in [0.4, 0.5) is 0 Å². The Kier molecular flexibility index (Phi) is 8.76. The summed E-state index contributed by atoms with van der Waals surface area (Å²) < 4.78 is 12.2. The maximum atomic E-state index is 6.25. The molecule has 5 atom stereocenters. The van der Waals surface area contributed by atoms with Crippen molar-refractivity contribution in [2.45, 2.75) is 110 Å². The van der Waals surface area contributed by atoms with Gasteiger partial charge < -0.3 is 9.47 Å². The van der Waals surface area contributed by atoms with Crippen LogP contribution < -0.4 is 4.74 Å². The molecule has 0 amide bonds. The van der Waals surface area contributed by atoms with Gasteiger partial charge in [0.05, 0.1) is 12.7 Å². The maximum Gasteiger partial charge on any atom is 0.119 e. The van der Waals surface area contributed by atoms with Crippen molar-refractivity contribution in [1.82, 2.24) is 0 Å². The van der Waals surface area contributed by atoms with Crippen LogP contribution in [0.1, 0.15) is 102 Å². The second-order valence-corrected chi connectivity index (χ2v) is 10.7. The summed E-state index contributed by atoms with van der Waals surface area (Å²) >= 11 is 0. The molecule has 0 radical (unpaired) electrons. The Morgan fingerprint density at radius 3 is 2.35 bits per heavy atom. The SMILES string of the molecule is CCCCCO[C@@H]1CC[C@@H]2CC(C3CCc4cc(OCCCC)ccc4C3)CCC2C1. The first-order valence-electron chi connectivity index (χ1n) is 13.6. The lowest BCUT2D eigenvalue weighted by atomic mass is 9.62. The van der Waals surface area contributed by atoms with E-state index in [0.29, 0.717) is 6.10 Å². The fraction of sp³-hybridized carbons (Fsp3) is 0.793. The molecule has 0 heterocycles.